The molecule has 0 aliphatic heterocycles. The zero-order valence-electron chi connectivity index (χ0n) is 9.80. The van der Waals surface area contributed by atoms with E-state index < -0.39 is 0 Å². The zero-order chi connectivity index (χ0) is 11.7. The van der Waals surface area contributed by atoms with Crippen LogP contribution in [-0.2, 0) is 20.1 Å². The van der Waals surface area contributed by atoms with Crippen LogP contribution >= 0.6 is 0 Å². The summed E-state index contributed by atoms with van der Waals surface area (Å²) in [6, 6.07) is 0. The number of aryl methyl sites for hydroxylation is 2. The minimum absolute atomic E-state index is 0.524. The lowest BCUT2D eigenvalue weighted by atomic mass is 10.2. The van der Waals surface area contributed by atoms with Crippen LogP contribution in [0.1, 0.15) is 22.8 Å². The Kier molecular flexibility index (Phi) is 2.74. The molecule has 0 unspecified atom stereocenters. The molecule has 0 aromatic carbocycles. The van der Waals surface area contributed by atoms with E-state index in [0.29, 0.717) is 13.1 Å². The van der Waals surface area contributed by atoms with Crippen molar-refractivity contribution in [3.05, 3.63) is 29.1 Å². The Bertz CT molecular complexity index is 495. The first kappa shape index (κ1) is 10.8. The number of aromatic nitrogens is 5. The molecule has 0 spiro atoms. The van der Waals surface area contributed by atoms with Gasteiger partial charge in [-0.1, -0.05) is 0 Å². The monoisotopic (exact) mass is 220 g/mol. The molecule has 6 nitrogen and oxygen atoms in total. The Morgan fingerprint density at radius 3 is 2.62 bits per heavy atom. The Labute approximate surface area is 94.1 Å². The SMILES string of the molecule is Cc1nn(Cc2ncnn2C)c(C)c1CN. The summed E-state index contributed by atoms with van der Waals surface area (Å²) in [4.78, 5) is 4.18. The second-order valence-electron chi connectivity index (χ2n) is 3.81. The van der Waals surface area contributed by atoms with E-state index in [1.165, 1.54) is 0 Å². The van der Waals surface area contributed by atoms with E-state index in [9.17, 15) is 0 Å². The molecule has 0 atom stereocenters. The van der Waals surface area contributed by atoms with Crippen molar-refractivity contribution in [3.63, 3.8) is 0 Å². The molecule has 0 bridgehead atoms. The van der Waals surface area contributed by atoms with E-state index in [1.807, 2.05) is 25.6 Å². The maximum absolute atomic E-state index is 5.68. The van der Waals surface area contributed by atoms with Crippen molar-refractivity contribution in [2.75, 3.05) is 0 Å². The molecule has 0 fully saturated rings. The highest BCUT2D eigenvalue weighted by Gasteiger charge is 2.11. The Hall–Kier alpha value is -1.69. The van der Waals surface area contributed by atoms with Crippen LogP contribution in [0, 0.1) is 13.8 Å². The van der Waals surface area contributed by atoms with E-state index in [2.05, 4.69) is 15.2 Å². The van der Waals surface area contributed by atoms with Gasteiger partial charge in [-0.2, -0.15) is 10.2 Å². The van der Waals surface area contributed by atoms with Gasteiger partial charge in [0.15, 0.2) is 0 Å². The van der Waals surface area contributed by atoms with E-state index in [4.69, 9.17) is 5.73 Å². The van der Waals surface area contributed by atoms with Crippen LogP contribution in [0.25, 0.3) is 0 Å². The van der Waals surface area contributed by atoms with E-state index in [0.717, 1.165) is 22.8 Å². The molecule has 0 amide bonds. The second-order valence-corrected chi connectivity index (χ2v) is 3.81. The molecule has 0 radical (unpaired) electrons. The van der Waals surface area contributed by atoms with Gasteiger partial charge in [0, 0.05) is 24.8 Å². The molecule has 0 aliphatic carbocycles. The minimum atomic E-state index is 0.524. The summed E-state index contributed by atoms with van der Waals surface area (Å²) in [6.07, 6.45) is 1.55. The lowest BCUT2D eigenvalue weighted by molar-refractivity contribution is 0.592. The summed E-state index contributed by atoms with van der Waals surface area (Å²) < 4.78 is 3.67. The standard InChI is InChI=1S/C10H16N6/c1-7-9(4-11)8(2)16(14-7)5-10-12-6-13-15(10)3/h6H,4-5,11H2,1-3H3. The largest absolute Gasteiger partial charge is 0.326 e. The predicted octanol–water partition coefficient (Wildman–Crippen LogP) is 0.135. The van der Waals surface area contributed by atoms with Gasteiger partial charge in [-0.3, -0.25) is 9.36 Å². The van der Waals surface area contributed by atoms with Crippen LogP contribution in [0.5, 0.6) is 0 Å². The first-order valence-corrected chi connectivity index (χ1v) is 5.19. The summed E-state index contributed by atoms with van der Waals surface area (Å²) in [7, 11) is 1.87. The normalized spacial score (nSPS) is 11.0. The average Bonchev–Trinajstić information content (AvgIpc) is 2.74. The fourth-order valence-corrected chi connectivity index (χ4v) is 1.78. The molecule has 0 saturated carbocycles. The van der Waals surface area contributed by atoms with Crippen molar-refractivity contribution in [1.29, 1.82) is 0 Å². The molecule has 2 rings (SSSR count). The number of hydrogen-bond donors (Lipinski definition) is 1. The minimum Gasteiger partial charge on any atom is -0.326 e. The van der Waals surface area contributed by atoms with Crippen LogP contribution < -0.4 is 5.73 Å². The molecular weight excluding hydrogens is 204 g/mol. The lowest BCUT2D eigenvalue weighted by Crippen LogP contribution is -2.10. The first-order valence-electron chi connectivity index (χ1n) is 5.19. The Morgan fingerprint density at radius 2 is 2.12 bits per heavy atom. The number of nitrogens with zero attached hydrogens (tertiary/aromatic N) is 5. The third-order valence-electron chi connectivity index (χ3n) is 2.83. The van der Waals surface area contributed by atoms with Gasteiger partial charge in [0.05, 0.1) is 5.69 Å². The Balaban J connectivity index is 2.32. The quantitative estimate of drug-likeness (QED) is 0.798. The maximum atomic E-state index is 5.68. The van der Waals surface area contributed by atoms with Gasteiger partial charge in [0.1, 0.15) is 18.7 Å². The molecule has 6 heteroatoms. The zero-order valence-corrected chi connectivity index (χ0v) is 9.80. The highest BCUT2D eigenvalue weighted by molar-refractivity contribution is 5.24. The summed E-state index contributed by atoms with van der Waals surface area (Å²) in [5.74, 6) is 0.883. The van der Waals surface area contributed by atoms with Gasteiger partial charge in [0.2, 0.25) is 0 Å². The van der Waals surface area contributed by atoms with Gasteiger partial charge >= 0.3 is 0 Å². The van der Waals surface area contributed by atoms with Crippen LogP contribution in [-0.4, -0.2) is 24.5 Å². The molecule has 16 heavy (non-hydrogen) atoms. The summed E-state index contributed by atoms with van der Waals surface area (Å²) in [6.45, 7) is 5.15. The van der Waals surface area contributed by atoms with Crippen LogP contribution in [0.15, 0.2) is 6.33 Å². The van der Waals surface area contributed by atoms with E-state index in [-0.39, 0.29) is 0 Å². The second kappa shape index (κ2) is 4.05. The van der Waals surface area contributed by atoms with Gasteiger partial charge in [-0.05, 0) is 13.8 Å². The van der Waals surface area contributed by atoms with Crippen molar-refractivity contribution in [1.82, 2.24) is 24.5 Å². The van der Waals surface area contributed by atoms with Gasteiger partial charge in [-0.15, -0.1) is 0 Å². The summed E-state index contributed by atoms with van der Waals surface area (Å²) in [5.41, 5.74) is 8.88. The van der Waals surface area contributed by atoms with Crippen molar-refractivity contribution < 1.29 is 0 Å². The fourth-order valence-electron chi connectivity index (χ4n) is 1.78. The van der Waals surface area contributed by atoms with E-state index in [1.54, 1.807) is 11.0 Å². The number of rotatable bonds is 3. The van der Waals surface area contributed by atoms with Gasteiger partial charge in [0.25, 0.3) is 0 Å². The Morgan fingerprint density at radius 1 is 1.38 bits per heavy atom. The number of nitrogens with two attached hydrogens (primary N) is 1. The topological polar surface area (TPSA) is 74.5 Å². The maximum Gasteiger partial charge on any atom is 0.148 e. The molecule has 0 saturated heterocycles. The molecule has 2 heterocycles. The highest BCUT2D eigenvalue weighted by atomic mass is 15.4. The van der Waals surface area contributed by atoms with Crippen molar-refractivity contribution in [2.24, 2.45) is 12.8 Å². The first-order chi connectivity index (χ1) is 7.63. The van der Waals surface area contributed by atoms with Crippen molar-refractivity contribution in [2.45, 2.75) is 26.9 Å². The molecule has 86 valence electrons. The molecular formula is C10H16N6. The highest BCUT2D eigenvalue weighted by Crippen LogP contribution is 2.12. The molecule has 2 N–H and O–H groups in total. The summed E-state index contributed by atoms with van der Waals surface area (Å²) >= 11 is 0. The molecule has 0 aliphatic rings. The number of hydrogen-bond acceptors (Lipinski definition) is 4. The smallest absolute Gasteiger partial charge is 0.148 e. The van der Waals surface area contributed by atoms with Gasteiger partial charge in [-0.25, -0.2) is 4.98 Å². The van der Waals surface area contributed by atoms with Crippen molar-refractivity contribution >= 4 is 0 Å². The van der Waals surface area contributed by atoms with Crippen molar-refractivity contribution in [3.8, 4) is 0 Å². The van der Waals surface area contributed by atoms with Crippen LogP contribution in [0.4, 0.5) is 0 Å². The van der Waals surface area contributed by atoms with Crippen LogP contribution in [0.3, 0.4) is 0 Å². The molecule has 2 aromatic rings. The molecule has 2 aromatic heterocycles. The third kappa shape index (κ3) is 1.71. The van der Waals surface area contributed by atoms with E-state index >= 15 is 0 Å². The fraction of sp³-hybridized carbons (Fsp3) is 0.500. The third-order valence-corrected chi connectivity index (χ3v) is 2.83. The predicted molar refractivity (Wildman–Crippen MR) is 59.7 cm³/mol. The van der Waals surface area contributed by atoms with Crippen LogP contribution in [0.2, 0.25) is 0 Å². The summed E-state index contributed by atoms with van der Waals surface area (Å²) in [5, 5.41) is 8.48. The van der Waals surface area contributed by atoms with Gasteiger partial charge < -0.3 is 5.73 Å². The lowest BCUT2D eigenvalue weighted by Gasteiger charge is -2.04. The average molecular weight is 220 g/mol.